The fourth-order valence-electron chi connectivity index (χ4n) is 4.17. The van der Waals surface area contributed by atoms with Gasteiger partial charge in [-0.3, -0.25) is 9.36 Å². The topological polar surface area (TPSA) is 72.4 Å². The molecule has 0 amide bonds. The maximum Gasteiger partial charge on any atom is 0.354 e. The summed E-state index contributed by atoms with van der Waals surface area (Å²) < 4.78 is 7.09. The lowest BCUT2D eigenvalue weighted by Gasteiger charge is -2.20. The van der Waals surface area contributed by atoms with E-state index in [-0.39, 0.29) is 21.6 Å². The second-order valence-electron chi connectivity index (χ2n) is 8.18. The lowest BCUT2D eigenvalue weighted by molar-refractivity contribution is 0.445. The summed E-state index contributed by atoms with van der Waals surface area (Å²) in [5.41, 5.74) is 1.70. The zero-order valence-electron chi connectivity index (χ0n) is 17.0. The van der Waals surface area contributed by atoms with E-state index >= 15 is 0 Å². The average molecular weight is 452 g/mol. The second kappa shape index (κ2) is 6.77. The number of benzene rings is 2. The predicted octanol–water partition coefficient (Wildman–Crippen LogP) is 5.40. The summed E-state index contributed by atoms with van der Waals surface area (Å²) in [5, 5.41) is 11.5. The normalized spacial score (nSPS) is 13.9. The summed E-state index contributed by atoms with van der Waals surface area (Å²) in [7, 11) is 0. The molecule has 0 unspecified atom stereocenters. The van der Waals surface area contributed by atoms with Crippen molar-refractivity contribution in [1.29, 1.82) is 0 Å². The number of fused-ring (bicyclic) bond motifs is 4. The van der Waals surface area contributed by atoms with Crippen LogP contribution in [-0.2, 0) is 5.41 Å². The zero-order chi connectivity index (χ0) is 22.1. The van der Waals surface area contributed by atoms with Crippen LogP contribution in [0.4, 0.5) is 0 Å². The van der Waals surface area contributed by atoms with Crippen molar-refractivity contribution in [1.82, 2.24) is 4.57 Å². The van der Waals surface area contributed by atoms with Gasteiger partial charge in [-0.2, -0.15) is 0 Å². The van der Waals surface area contributed by atoms with Gasteiger partial charge in [-0.15, -0.1) is 0 Å². The highest BCUT2D eigenvalue weighted by molar-refractivity contribution is 7.99. The molecule has 7 heteroatoms. The summed E-state index contributed by atoms with van der Waals surface area (Å²) in [6.45, 7) is 5.90. The van der Waals surface area contributed by atoms with E-state index in [1.54, 1.807) is 22.8 Å². The Morgan fingerprint density at radius 2 is 1.87 bits per heavy atom. The number of rotatable bonds is 2. The number of hydrogen-bond acceptors (Lipinski definition) is 5. The van der Waals surface area contributed by atoms with E-state index in [9.17, 15) is 14.7 Å². The minimum Gasteiger partial charge on any atom is -0.505 e. The Bertz CT molecular complexity index is 1520. The van der Waals surface area contributed by atoms with Gasteiger partial charge in [-0.05, 0) is 42.8 Å². The first-order valence-corrected chi connectivity index (χ1v) is 10.9. The van der Waals surface area contributed by atoms with Crippen LogP contribution in [0.1, 0.15) is 30.7 Å². The fourth-order valence-corrected chi connectivity index (χ4v) is 5.29. The lowest BCUT2D eigenvalue weighted by atomic mass is 9.83. The molecule has 5 rings (SSSR count). The number of nitrogens with zero attached hydrogens (tertiary/aromatic N) is 1. The van der Waals surface area contributed by atoms with E-state index in [0.29, 0.717) is 16.4 Å². The molecule has 156 valence electrons. The van der Waals surface area contributed by atoms with Gasteiger partial charge in [-0.25, -0.2) is 4.79 Å². The number of aryl methyl sites for hydroxylation is 1. The van der Waals surface area contributed by atoms with E-state index in [1.807, 2.05) is 51.1 Å². The second-order valence-corrected chi connectivity index (χ2v) is 9.70. The third-order valence-electron chi connectivity index (χ3n) is 5.73. The molecule has 1 aliphatic heterocycles. The molecular formula is C24H18ClNO4S. The molecular weight excluding hydrogens is 434 g/mol. The van der Waals surface area contributed by atoms with Gasteiger partial charge in [0, 0.05) is 27.1 Å². The third kappa shape index (κ3) is 2.93. The number of aromatic hydroxyl groups is 1. The number of hydrogen-bond donors (Lipinski definition) is 1. The van der Waals surface area contributed by atoms with Gasteiger partial charge >= 0.3 is 5.63 Å². The van der Waals surface area contributed by atoms with Crippen molar-refractivity contribution in [2.45, 2.75) is 36.0 Å². The first-order valence-electron chi connectivity index (χ1n) is 9.69. The summed E-state index contributed by atoms with van der Waals surface area (Å²) in [6.07, 6.45) is 0. The van der Waals surface area contributed by atoms with E-state index < -0.39 is 16.6 Å². The maximum atomic E-state index is 13.5. The molecule has 0 fully saturated rings. The van der Waals surface area contributed by atoms with Gasteiger partial charge in [0.25, 0.3) is 5.56 Å². The predicted molar refractivity (Wildman–Crippen MR) is 122 cm³/mol. The Labute approximate surface area is 186 Å². The highest BCUT2D eigenvalue weighted by Gasteiger charge is 2.38. The van der Waals surface area contributed by atoms with Gasteiger partial charge in [0.15, 0.2) is 5.75 Å². The molecule has 1 N–H and O–H groups in total. The van der Waals surface area contributed by atoms with Crippen LogP contribution < -0.4 is 11.2 Å². The molecule has 0 saturated heterocycles. The molecule has 0 bridgehead atoms. The molecule has 0 atom stereocenters. The van der Waals surface area contributed by atoms with E-state index in [1.165, 1.54) is 0 Å². The van der Waals surface area contributed by atoms with Gasteiger partial charge in [0.2, 0.25) is 0 Å². The molecule has 1 aliphatic rings. The smallest absolute Gasteiger partial charge is 0.354 e. The van der Waals surface area contributed by atoms with Gasteiger partial charge in [-0.1, -0.05) is 54.9 Å². The molecule has 0 saturated carbocycles. The van der Waals surface area contributed by atoms with Gasteiger partial charge in [0.05, 0.1) is 5.69 Å². The lowest BCUT2D eigenvalue weighted by Crippen LogP contribution is -2.24. The first-order chi connectivity index (χ1) is 14.7. The Balaban J connectivity index is 1.80. The quantitative estimate of drug-likeness (QED) is 0.441. The highest BCUT2D eigenvalue weighted by atomic mass is 35.5. The molecule has 0 radical (unpaired) electrons. The van der Waals surface area contributed by atoms with Crippen LogP contribution in [0.2, 0.25) is 5.02 Å². The molecule has 0 aliphatic carbocycles. The van der Waals surface area contributed by atoms with Gasteiger partial charge in [0.1, 0.15) is 15.9 Å². The molecule has 4 aromatic rings. The summed E-state index contributed by atoms with van der Waals surface area (Å²) in [6, 6.07) is 14.5. The fraction of sp³-hybridized carbons (Fsp3) is 0.167. The van der Waals surface area contributed by atoms with E-state index in [4.69, 9.17) is 16.0 Å². The Kier molecular flexibility index (Phi) is 4.36. The summed E-state index contributed by atoms with van der Waals surface area (Å²) in [4.78, 5) is 27.0. The Morgan fingerprint density at radius 1 is 1.10 bits per heavy atom. The maximum absolute atomic E-state index is 13.5. The summed E-state index contributed by atoms with van der Waals surface area (Å²) in [5.74, 6) is -0.363. The van der Waals surface area contributed by atoms with Crippen LogP contribution in [0.25, 0.3) is 16.7 Å². The van der Waals surface area contributed by atoms with Crippen molar-refractivity contribution in [3.63, 3.8) is 0 Å². The van der Waals surface area contributed by atoms with Crippen molar-refractivity contribution in [2.24, 2.45) is 0 Å². The highest BCUT2D eigenvalue weighted by Crippen LogP contribution is 2.44. The Hall–Kier alpha value is -2.96. The SMILES string of the molecule is Cc1cccc(Sc2c(O)c3c(=O)n4c(cc3oc2=O)C(C)(C)c2cc(Cl)ccc2-4)c1. The van der Waals surface area contributed by atoms with Crippen LogP contribution in [0.5, 0.6) is 5.75 Å². The van der Waals surface area contributed by atoms with Crippen LogP contribution in [0, 0.1) is 6.92 Å². The van der Waals surface area contributed by atoms with Crippen molar-refractivity contribution in [2.75, 3.05) is 0 Å². The van der Waals surface area contributed by atoms with Crippen molar-refractivity contribution in [3.05, 3.63) is 91.1 Å². The molecule has 3 heterocycles. The average Bonchev–Trinajstić information content (AvgIpc) is 2.92. The zero-order valence-corrected chi connectivity index (χ0v) is 18.6. The van der Waals surface area contributed by atoms with E-state index in [0.717, 1.165) is 27.8 Å². The monoisotopic (exact) mass is 451 g/mol. The summed E-state index contributed by atoms with van der Waals surface area (Å²) >= 11 is 7.28. The molecule has 31 heavy (non-hydrogen) atoms. The van der Waals surface area contributed by atoms with Crippen molar-refractivity contribution in [3.8, 4) is 11.4 Å². The van der Waals surface area contributed by atoms with Crippen LogP contribution >= 0.6 is 23.4 Å². The number of halogens is 1. The third-order valence-corrected chi connectivity index (χ3v) is 7.02. The van der Waals surface area contributed by atoms with Crippen molar-refractivity contribution < 1.29 is 9.52 Å². The Morgan fingerprint density at radius 3 is 2.61 bits per heavy atom. The van der Waals surface area contributed by atoms with Crippen molar-refractivity contribution >= 4 is 34.3 Å². The van der Waals surface area contributed by atoms with Crippen LogP contribution in [-0.4, -0.2) is 9.67 Å². The number of aromatic nitrogens is 1. The van der Waals surface area contributed by atoms with Crippen LogP contribution in [0.15, 0.2) is 72.3 Å². The largest absolute Gasteiger partial charge is 0.505 e. The standard InChI is InChI=1S/C24H18ClNO4S/c1-12-5-4-6-14(9-12)31-21-20(27)19-17(30-23(21)29)11-18-24(2,3)15-10-13(25)7-8-16(15)26(18)22(19)28/h4-11,27H,1-3H3. The molecule has 2 aromatic carbocycles. The molecule has 0 spiro atoms. The van der Waals surface area contributed by atoms with Gasteiger partial charge < -0.3 is 9.52 Å². The minimum atomic E-state index is -0.683. The minimum absolute atomic E-state index is 0.00987. The number of pyridine rings is 1. The molecule has 2 aromatic heterocycles. The first kappa shape index (κ1) is 20.0. The van der Waals surface area contributed by atoms with Crippen LogP contribution in [0.3, 0.4) is 0 Å². The van der Waals surface area contributed by atoms with E-state index in [2.05, 4.69) is 0 Å². The molecule has 5 nitrogen and oxygen atoms in total.